The highest BCUT2D eigenvalue weighted by molar-refractivity contribution is 7.82. The van der Waals surface area contributed by atoms with Crippen LogP contribution >= 0.6 is 25.3 Å². The highest BCUT2D eigenvalue weighted by Crippen LogP contribution is 2.78. The summed E-state index contributed by atoms with van der Waals surface area (Å²) >= 11 is 8.92. The molecule has 0 saturated heterocycles. The van der Waals surface area contributed by atoms with Crippen molar-refractivity contribution in [2.75, 3.05) is 5.75 Å². The van der Waals surface area contributed by atoms with Gasteiger partial charge < -0.3 is 0 Å². The Hall–Kier alpha value is 0.700. The topological polar surface area (TPSA) is 0 Å². The number of thiol groups is 2. The van der Waals surface area contributed by atoms with Gasteiger partial charge in [-0.25, -0.2) is 0 Å². The van der Waals surface area contributed by atoms with E-state index in [2.05, 4.69) is 32.2 Å². The summed E-state index contributed by atoms with van der Waals surface area (Å²) in [5, 5.41) is 0. The molecule has 0 amide bonds. The molecule has 3 atom stereocenters. The van der Waals surface area contributed by atoms with E-state index in [4.69, 9.17) is 0 Å². The van der Waals surface area contributed by atoms with Gasteiger partial charge in [0.25, 0.3) is 0 Å². The van der Waals surface area contributed by atoms with Crippen LogP contribution in [-0.4, -0.2) is 10.5 Å². The van der Waals surface area contributed by atoms with Crippen LogP contribution in [0, 0.1) is 11.3 Å². The third-order valence-electron chi connectivity index (χ3n) is 3.46. The van der Waals surface area contributed by atoms with Gasteiger partial charge in [-0.2, -0.15) is 25.3 Å². The van der Waals surface area contributed by atoms with E-state index < -0.39 is 0 Å². The van der Waals surface area contributed by atoms with E-state index in [1.54, 1.807) is 0 Å². The first-order valence-electron chi connectivity index (χ1n) is 3.48. The molecule has 0 aromatic heterocycles. The number of fused-ring (bicyclic) bond motifs is 1. The Morgan fingerprint density at radius 1 is 1.56 bits per heavy atom. The van der Waals surface area contributed by atoms with Gasteiger partial charge in [-0.1, -0.05) is 6.92 Å². The van der Waals surface area contributed by atoms with Gasteiger partial charge in [0.05, 0.1) is 0 Å². The van der Waals surface area contributed by atoms with Gasteiger partial charge in [0.1, 0.15) is 0 Å². The van der Waals surface area contributed by atoms with Gasteiger partial charge in [0.2, 0.25) is 0 Å². The van der Waals surface area contributed by atoms with Crippen LogP contribution in [0.2, 0.25) is 0 Å². The second-order valence-corrected chi connectivity index (χ2v) is 4.74. The molecule has 0 spiro atoms. The molecular weight excluding hydrogens is 148 g/mol. The van der Waals surface area contributed by atoms with E-state index in [0.717, 1.165) is 11.7 Å². The summed E-state index contributed by atoms with van der Waals surface area (Å²) in [7, 11) is 0. The zero-order chi connectivity index (χ0) is 6.70. The first-order valence-corrected chi connectivity index (χ1v) is 4.56. The summed E-state index contributed by atoms with van der Waals surface area (Å²) in [5.41, 5.74) is 0.581. The molecule has 2 rings (SSSR count). The molecule has 0 aromatic carbocycles. The van der Waals surface area contributed by atoms with Gasteiger partial charge in [-0.15, -0.1) is 0 Å². The molecule has 0 heterocycles. The largest absolute Gasteiger partial charge is 0.179 e. The fourth-order valence-electron chi connectivity index (χ4n) is 2.32. The average Bonchev–Trinajstić information content (AvgIpc) is 2.14. The van der Waals surface area contributed by atoms with Crippen molar-refractivity contribution >= 4 is 25.3 Å². The second-order valence-electron chi connectivity index (χ2n) is 3.58. The fourth-order valence-corrected chi connectivity index (χ4v) is 3.87. The van der Waals surface area contributed by atoms with E-state index in [1.165, 1.54) is 12.8 Å². The Labute approximate surface area is 67.2 Å². The first kappa shape index (κ1) is 6.41. The lowest BCUT2D eigenvalue weighted by molar-refractivity contribution is 0.348. The summed E-state index contributed by atoms with van der Waals surface area (Å²) in [5.74, 6) is 1.83. The first-order chi connectivity index (χ1) is 4.15. The van der Waals surface area contributed by atoms with Crippen molar-refractivity contribution in [3.63, 3.8) is 0 Å². The van der Waals surface area contributed by atoms with Crippen molar-refractivity contribution < 1.29 is 0 Å². The third kappa shape index (κ3) is 0.474. The highest BCUT2D eigenvalue weighted by atomic mass is 32.1. The third-order valence-corrected chi connectivity index (χ3v) is 4.87. The predicted octanol–water partition coefficient (Wildman–Crippen LogP) is 2.01. The van der Waals surface area contributed by atoms with Crippen LogP contribution in [0.25, 0.3) is 0 Å². The van der Waals surface area contributed by atoms with Crippen LogP contribution in [-0.2, 0) is 0 Å². The number of rotatable bonds is 1. The van der Waals surface area contributed by atoms with Gasteiger partial charge in [-0.3, -0.25) is 0 Å². The molecule has 0 radical (unpaired) electrons. The van der Waals surface area contributed by atoms with Crippen LogP contribution in [0.1, 0.15) is 19.8 Å². The molecule has 0 aliphatic heterocycles. The summed E-state index contributed by atoms with van der Waals surface area (Å²) in [6, 6.07) is 0. The van der Waals surface area contributed by atoms with Crippen molar-refractivity contribution in [3.05, 3.63) is 0 Å². The van der Waals surface area contributed by atoms with Crippen LogP contribution in [0.5, 0.6) is 0 Å². The van der Waals surface area contributed by atoms with Gasteiger partial charge in [0, 0.05) is 4.75 Å². The van der Waals surface area contributed by atoms with Crippen molar-refractivity contribution in [1.29, 1.82) is 0 Å². The molecule has 9 heavy (non-hydrogen) atoms. The van der Waals surface area contributed by atoms with Crippen molar-refractivity contribution in [1.82, 2.24) is 0 Å². The summed E-state index contributed by atoms with van der Waals surface area (Å²) in [4.78, 5) is 0. The van der Waals surface area contributed by atoms with Crippen LogP contribution in [0.15, 0.2) is 0 Å². The zero-order valence-corrected chi connectivity index (χ0v) is 7.38. The maximum atomic E-state index is 4.63. The van der Waals surface area contributed by atoms with Gasteiger partial charge in [0.15, 0.2) is 0 Å². The predicted molar refractivity (Wildman–Crippen MR) is 46.4 cm³/mol. The Balaban J connectivity index is 2.18. The quantitative estimate of drug-likeness (QED) is 0.539. The minimum Gasteiger partial charge on any atom is -0.179 e. The molecule has 0 nitrogen and oxygen atoms in total. The molecular formula is C7H12S2. The number of hydrogen-bond acceptors (Lipinski definition) is 2. The van der Waals surface area contributed by atoms with Crippen molar-refractivity contribution in [2.24, 2.45) is 11.3 Å². The summed E-state index contributed by atoms with van der Waals surface area (Å²) in [6.45, 7) is 2.34. The van der Waals surface area contributed by atoms with E-state index in [0.29, 0.717) is 10.2 Å². The second kappa shape index (κ2) is 1.48. The van der Waals surface area contributed by atoms with Crippen LogP contribution in [0.3, 0.4) is 0 Å². The maximum absolute atomic E-state index is 4.63. The van der Waals surface area contributed by atoms with E-state index in [1.807, 2.05) is 0 Å². The lowest BCUT2D eigenvalue weighted by atomic mass is 9.86. The Morgan fingerprint density at radius 2 is 2.11 bits per heavy atom. The van der Waals surface area contributed by atoms with Crippen LogP contribution < -0.4 is 0 Å². The lowest BCUT2D eigenvalue weighted by Crippen LogP contribution is -2.22. The smallest absolute Gasteiger partial charge is 0.0228 e. The Kier molecular flexibility index (Phi) is 1.05. The van der Waals surface area contributed by atoms with E-state index in [-0.39, 0.29) is 0 Å². The molecule has 0 aromatic rings. The standard InChI is InChI=1S/C7H12S2/c1-6-2-3-7(6,9)5(6)4-8/h5,8-9H,2-4H2,1H3. The average molecular weight is 160 g/mol. The molecule has 2 heteroatoms. The van der Waals surface area contributed by atoms with Crippen molar-refractivity contribution in [2.45, 2.75) is 24.5 Å². The molecule has 0 bridgehead atoms. The minimum absolute atomic E-state index is 0.411. The monoisotopic (exact) mass is 160 g/mol. The molecule has 3 unspecified atom stereocenters. The lowest BCUT2D eigenvalue weighted by Gasteiger charge is -2.27. The highest BCUT2D eigenvalue weighted by Gasteiger charge is 2.76. The van der Waals surface area contributed by atoms with Crippen molar-refractivity contribution in [3.8, 4) is 0 Å². The number of hydrogen-bond donors (Lipinski definition) is 2. The van der Waals surface area contributed by atoms with E-state index in [9.17, 15) is 0 Å². The molecule has 2 fully saturated rings. The molecule has 2 aliphatic carbocycles. The summed E-state index contributed by atoms with van der Waals surface area (Å²) < 4.78 is 0.411. The Bertz CT molecular complexity index is 141. The van der Waals surface area contributed by atoms with E-state index >= 15 is 0 Å². The van der Waals surface area contributed by atoms with Crippen LogP contribution in [0.4, 0.5) is 0 Å². The van der Waals surface area contributed by atoms with Gasteiger partial charge >= 0.3 is 0 Å². The maximum Gasteiger partial charge on any atom is 0.0228 e. The molecule has 52 valence electrons. The fraction of sp³-hybridized carbons (Fsp3) is 1.00. The zero-order valence-electron chi connectivity index (χ0n) is 5.59. The SMILES string of the molecule is CC12CCC1(S)C2CS. The minimum atomic E-state index is 0.411. The molecule has 2 aliphatic rings. The van der Waals surface area contributed by atoms with Gasteiger partial charge in [-0.05, 0) is 29.9 Å². The molecule has 0 N–H and O–H groups in total. The normalized spacial score (nSPS) is 62.3. The Morgan fingerprint density at radius 3 is 2.22 bits per heavy atom. The summed E-state index contributed by atoms with van der Waals surface area (Å²) in [6.07, 6.45) is 2.69. The molecule has 2 saturated carbocycles.